The van der Waals surface area contributed by atoms with E-state index >= 15 is 0 Å². The molecule has 0 unspecified atom stereocenters. The van der Waals surface area contributed by atoms with Gasteiger partial charge in [0.2, 0.25) is 0 Å². The summed E-state index contributed by atoms with van der Waals surface area (Å²) in [6.07, 6.45) is 1.73. The molecular formula is C15H17NO. The molecule has 0 aliphatic rings. The van der Waals surface area contributed by atoms with Crippen molar-refractivity contribution in [3.8, 4) is 17.0 Å². The summed E-state index contributed by atoms with van der Waals surface area (Å²) in [6, 6.07) is 11.5. The maximum absolute atomic E-state index is 10.3. The third-order valence-corrected chi connectivity index (χ3v) is 2.78. The molecule has 17 heavy (non-hydrogen) atoms. The van der Waals surface area contributed by atoms with Crippen LogP contribution in [0.25, 0.3) is 11.3 Å². The fraction of sp³-hybridized carbons (Fsp3) is 0.267. The van der Waals surface area contributed by atoms with E-state index < -0.39 is 0 Å². The number of hydrogen-bond acceptors (Lipinski definition) is 2. The van der Waals surface area contributed by atoms with Crippen LogP contribution in [-0.4, -0.2) is 10.1 Å². The standard InChI is InChI=1S/C15H17NO/c1-15(2,3)12-8-6-7-11(14(12)17)13-9-4-5-10-16-13/h4-10,17H,1-3H3. The summed E-state index contributed by atoms with van der Waals surface area (Å²) in [4.78, 5) is 4.27. The molecule has 1 heterocycles. The minimum absolute atomic E-state index is 0.0745. The van der Waals surface area contributed by atoms with Crippen LogP contribution in [0.2, 0.25) is 0 Å². The molecule has 0 saturated carbocycles. The molecule has 0 fully saturated rings. The van der Waals surface area contributed by atoms with Crippen molar-refractivity contribution in [2.75, 3.05) is 0 Å². The Bertz CT molecular complexity index is 512. The summed E-state index contributed by atoms with van der Waals surface area (Å²) in [5.74, 6) is 0.332. The Hall–Kier alpha value is -1.83. The fourth-order valence-corrected chi connectivity index (χ4v) is 1.88. The summed E-state index contributed by atoms with van der Waals surface area (Å²) in [7, 11) is 0. The number of para-hydroxylation sites is 1. The van der Waals surface area contributed by atoms with Crippen LogP contribution in [0.15, 0.2) is 42.6 Å². The van der Waals surface area contributed by atoms with Gasteiger partial charge in [-0.3, -0.25) is 4.98 Å². The Morgan fingerprint density at radius 3 is 2.35 bits per heavy atom. The molecule has 0 amide bonds. The van der Waals surface area contributed by atoms with Gasteiger partial charge in [0.15, 0.2) is 0 Å². The molecule has 2 rings (SSSR count). The van der Waals surface area contributed by atoms with Crippen molar-refractivity contribution >= 4 is 0 Å². The highest BCUT2D eigenvalue weighted by Gasteiger charge is 2.20. The van der Waals surface area contributed by atoms with Crippen molar-refractivity contribution in [2.24, 2.45) is 0 Å². The molecule has 1 aromatic heterocycles. The molecule has 88 valence electrons. The molecule has 0 aliphatic carbocycles. The van der Waals surface area contributed by atoms with Gasteiger partial charge in [-0.25, -0.2) is 0 Å². The Kier molecular flexibility index (Phi) is 2.88. The number of benzene rings is 1. The highest BCUT2D eigenvalue weighted by atomic mass is 16.3. The van der Waals surface area contributed by atoms with Crippen molar-refractivity contribution in [2.45, 2.75) is 26.2 Å². The van der Waals surface area contributed by atoms with E-state index in [2.05, 4.69) is 25.8 Å². The van der Waals surface area contributed by atoms with Gasteiger partial charge in [0.05, 0.1) is 5.69 Å². The van der Waals surface area contributed by atoms with E-state index in [0.29, 0.717) is 5.75 Å². The lowest BCUT2D eigenvalue weighted by Gasteiger charge is -2.21. The first kappa shape index (κ1) is 11.6. The number of phenolic OH excluding ortho intramolecular Hbond substituents is 1. The van der Waals surface area contributed by atoms with Crippen LogP contribution in [0.5, 0.6) is 5.75 Å². The molecule has 0 saturated heterocycles. The molecule has 2 aromatic rings. The van der Waals surface area contributed by atoms with Crippen molar-refractivity contribution in [3.63, 3.8) is 0 Å². The van der Waals surface area contributed by atoms with Crippen LogP contribution in [0.3, 0.4) is 0 Å². The van der Waals surface area contributed by atoms with Crippen molar-refractivity contribution in [3.05, 3.63) is 48.2 Å². The van der Waals surface area contributed by atoms with Gasteiger partial charge in [0.25, 0.3) is 0 Å². The van der Waals surface area contributed by atoms with E-state index in [1.165, 1.54) is 0 Å². The highest BCUT2D eigenvalue weighted by Crippen LogP contribution is 2.37. The van der Waals surface area contributed by atoms with Gasteiger partial charge in [-0.2, -0.15) is 0 Å². The first-order chi connectivity index (χ1) is 8.00. The lowest BCUT2D eigenvalue weighted by molar-refractivity contribution is 0.448. The molecule has 0 bridgehead atoms. The Morgan fingerprint density at radius 2 is 1.76 bits per heavy atom. The maximum Gasteiger partial charge on any atom is 0.128 e. The van der Waals surface area contributed by atoms with Gasteiger partial charge in [-0.1, -0.05) is 39.0 Å². The highest BCUT2D eigenvalue weighted by molar-refractivity contribution is 5.69. The molecule has 2 nitrogen and oxygen atoms in total. The number of aromatic nitrogens is 1. The normalized spacial score (nSPS) is 11.5. The zero-order valence-electron chi connectivity index (χ0n) is 10.4. The monoisotopic (exact) mass is 227 g/mol. The average Bonchev–Trinajstić information content (AvgIpc) is 2.29. The van der Waals surface area contributed by atoms with Crippen molar-refractivity contribution in [1.29, 1.82) is 0 Å². The van der Waals surface area contributed by atoms with Gasteiger partial charge in [-0.15, -0.1) is 0 Å². The van der Waals surface area contributed by atoms with Crippen LogP contribution in [0.4, 0.5) is 0 Å². The first-order valence-electron chi connectivity index (χ1n) is 5.74. The van der Waals surface area contributed by atoms with Gasteiger partial charge < -0.3 is 5.11 Å². The quantitative estimate of drug-likeness (QED) is 0.804. The number of phenols is 1. The summed E-state index contributed by atoms with van der Waals surface area (Å²) in [5.41, 5.74) is 2.46. The van der Waals surface area contributed by atoms with E-state index in [1.54, 1.807) is 6.20 Å². The zero-order chi connectivity index (χ0) is 12.5. The fourth-order valence-electron chi connectivity index (χ4n) is 1.88. The number of hydrogen-bond donors (Lipinski definition) is 1. The number of rotatable bonds is 1. The molecule has 0 spiro atoms. The van der Waals surface area contributed by atoms with Crippen LogP contribution < -0.4 is 0 Å². The SMILES string of the molecule is CC(C)(C)c1cccc(-c2ccccn2)c1O. The Morgan fingerprint density at radius 1 is 1.00 bits per heavy atom. The van der Waals surface area contributed by atoms with Crippen molar-refractivity contribution < 1.29 is 5.11 Å². The maximum atomic E-state index is 10.3. The van der Waals surface area contributed by atoms with Crippen LogP contribution >= 0.6 is 0 Å². The lowest BCUT2D eigenvalue weighted by Crippen LogP contribution is -2.11. The third kappa shape index (κ3) is 2.31. The second-order valence-corrected chi connectivity index (χ2v) is 5.17. The molecular weight excluding hydrogens is 210 g/mol. The first-order valence-corrected chi connectivity index (χ1v) is 5.74. The molecule has 2 heteroatoms. The van der Waals surface area contributed by atoms with Gasteiger partial charge in [-0.05, 0) is 29.2 Å². The summed E-state index contributed by atoms with van der Waals surface area (Å²) >= 11 is 0. The van der Waals surface area contributed by atoms with Crippen LogP contribution in [-0.2, 0) is 5.41 Å². The lowest BCUT2D eigenvalue weighted by atomic mass is 9.85. The third-order valence-electron chi connectivity index (χ3n) is 2.78. The number of nitrogens with zero attached hydrogens (tertiary/aromatic N) is 1. The van der Waals surface area contributed by atoms with E-state index in [-0.39, 0.29) is 5.41 Å². The van der Waals surface area contributed by atoms with Gasteiger partial charge >= 0.3 is 0 Å². The molecule has 0 aliphatic heterocycles. The van der Waals surface area contributed by atoms with Crippen LogP contribution in [0, 0.1) is 0 Å². The molecule has 0 radical (unpaired) electrons. The smallest absolute Gasteiger partial charge is 0.128 e. The van der Waals surface area contributed by atoms with E-state index in [4.69, 9.17) is 0 Å². The zero-order valence-corrected chi connectivity index (χ0v) is 10.4. The van der Waals surface area contributed by atoms with Crippen molar-refractivity contribution in [1.82, 2.24) is 4.98 Å². The summed E-state index contributed by atoms with van der Waals surface area (Å²) < 4.78 is 0. The summed E-state index contributed by atoms with van der Waals surface area (Å²) in [6.45, 7) is 6.26. The number of aromatic hydroxyl groups is 1. The van der Waals surface area contributed by atoms with E-state index in [1.807, 2.05) is 36.4 Å². The predicted molar refractivity (Wildman–Crippen MR) is 70.0 cm³/mol. The summed E-state index contributed by atoms with van der Waals surface area (Å²) in [5, 5.41) is 10.3. The van der Waals surface area contributed by atoms with Crippen LogP contribution in [0.1, 0.15) is 26.3 Å². The predicted octanol–water partition coefficient (Wildman–Crippen LogP) is 3.75. The molecule has 1 aromatic carbocycles. The van der Waals surface area contributed by atoms with Gasteiger partial charge in [0.1, 0.15) is 5.75 Å². The minimum Gasteiger partial charge on any atom is -0.507 e. The molecule has 0 atom stereocenters. The van der Waals surface area contributed by atoms with Gasteiger partial charge in [0, 0.05) is 11.8 Å². The largest absolute Gasteiger partial charge is 0.507 e. The Balaban J connectivity index is 2.58. The molecule has 1 N–H and O–H groups in total. The second-order valence-electron chi connectivity index (χ2n) is 5.17. The Labute approximate surface area is 102 Å². The average molecular weight is 227 g/mol. The second kappa shape index (κ2) is 4.21. The van der Waals surface area contributed by atoms with E-state index in [9.17, 15) is 5.11 Å². The van der Waals surface area contributed by atoms with E-state index in [0.717, 1.165) is 16.8 Å². The number of pyridine rings is 1. The minimum atomic E-state index is -0.0745. The topological polar surface area (TPSA) is 33.1 Å².